The lowest BCUT2D eigenvalue weighted by atomic mass is 9.94. The fraction of sp³-hybridized carbons (Fsp3) is 0.600. The second-order valence-electron chi connectivity index (χ2n) is 17.6. The van der Waals surface area contributed by atoms with E-state index in [1.54, 1.807) is 5.48 Å². The van der Waals surface area contributed by atoms with Crippen LogP contribution in [-0.4, -0.2) is 129 Å². The molecule has 2 aromatic rings. The van der Waals surface area contributed by atoms with Gasteiger partial charge in [-0.3, -0.25) is 43.6 Å². The van der Waals surface area contributed by atoms with E-state index < -0.39 is 78.5 Å². The first kappa shape index (κ1) is 54.4. The van der Waals surface area contributed by atoms with Gasteiger partial charge < -0.3 is 53.3 Å². The molecule has 374 valence electrons. The first-order valence-electron chi connectivity index (χ1n) is 23.2. The van der Waals surface area contributed by atoms with E-state index in [2.05, 4.69) is 52.5 Å². The number of primary amides is 1. The zero-order chi connectivity index (χ0) is 49.4. The summed E-state index contributed by atoms with van der Waals surface area (Å²) in [5.74, 6) is -5.15. The number of aryl methyl sites for hydroxylation is 1. The number of imidazole rings is 1. The Labute approximate surface area is 400 Å². The molecule has 1 aromatic heterocycles. The van der Waals surface area contributed by atoms with Gasteiger partial charge in [-0.05, 0) is 69.3 Å². The molecule has 3 heterocycles. The number of nitrogens with zero attached hydrogens (tertiary/aromatic N) is 1. The highest BCUT2D eigenvalue weighted by molar-refractivity contribution is 8.00. The smallest absolute Gasteiger partial charge is 0.315 e. The number of aromatic nitrogens is 2. The molecule has 0 saturated carbocycles. The lowest BCUT2D eigenvalue weighted by Crippen LogP contribution is -2.56. The highest BCUT2D eigenvalue weighted by atomic mass is 32.2. The van der Waals surface area contributed by atoms with Gasteiger partial charge in [-0.15, -0.1) is 0 Å². The van der Waals surface area contributed by atoms with Crippen molar-refractivity contribution in [2.75, 3.05) is 25.4 Å². The van der Waals surface area contributed by atoms with Crippen LogP contribution < -0.4 is 53.7 Å². The fourth-order valence-corrected chi connectivity index (χ4v) is 9.55. The maximum Gasteiger partial charge on any atom is 0.315 e. The highest BCUT2D eigenvalue weighted by Gasteiger charge is 2.42. The molecule has 2 aliphatic rings. The number of nitrogens with two attached hydrogens (primary N) is 1. The number of amides is 10. The normalized spacial score (nSPS) is 17.8. The van der Waals surface area contributed by atoms with Gasteiger partial charge in [-0.25, -0.2) is 15.3 Å². The van der Waals surface area contributed by atoms with Crippen molar-refractivity contribution in [1.82, 2.24) is 58.0 Å². The predicted octanol–water partition coefficient (Wildman–Crippen LogP) is -0.283. The topological polar surface area (TPSA) is 337 Å². The number of hydroxylamine groups is 1. The number of urea groups is 1. The predicted molar refractivity (Wildman–Crippen MR) is 251 cm³/mol. The molecule has 23 heteroatoms. The van der Waals surface area contributed by atoms with Crippen molar-refractivity contribution in [3.05, 3.63) is 54.1 Å². The zero-order valence-corrected chi connectivity index (χ0v) is 39.6. The molecule has 1 unspecified atom stereocenters. The Bertz CT molecular complexity index is 1990. The van der Waals surface area contributed by atoms with Crippen LogP contribution in [0.4, 0.5) is 4.79 Å². The summed E-state index contributed by atoms with van der Waals surface area (Å²) in [6.45, 7) is 2.98. The lowest BCUT2D eigenvalue weighted by Gasteiger charge is -2.25. The summed E-state index contributed by atoms with van der Waals surface area (Å²) in [5.41, 5.74) is 8.62. The molecule has 4 rings (SSSR count). The number of hydrogen-bond acceptors (Lipinski definition) is 12. The van der Waals surface area contributed by atoms with E-state index in [9.17, 15) is 48.4 Å². The summed E-state index contributed by atoms with van der Waals surface area (Å²) in [6, 6.07) is 6.38. The molecule has 0 spiro atoms. The van der Waals surface area contributed by atoms with Gasteiger partial charge in [0.25, 0.3) is 0 Å². The van der Waals surface area contributed by atoms with Crippen LogP contribution in [0.25, 0.3) is 0 Å². The van der Waals surface area contributed by atoms with Crippen LogP contribution in [0.2, 0.25) is 0 Å². The van der Waals surface area contributed by atoms with Crippen LogP contribution in [0, 0.1) is 11.8 Å². The molecule has 13 N–H and O–H groups in total. The van der Waals surface area contributed by atoms with E-state index in [1.165, 1.54) is 12.5 Å². The SMILES string of the molecule is CC(C)C[C@H](NC(=O)[C@H](Cc1cnc[nH]1)NC(=O)C(CCCc1ccccc1)CC(=O)NO)C(=O)NCC(=O)NCC(=O)N[C@@H](CCCCNC(=O)CCCC[C@@H]1SC[C@@H]2NC(=O)N[C@@H]21)C(N)=O. The van der Waals surface area contributed by atoms with E-state index in [4.69, 9.17) is 5.73 Å². The third-order valence-corrected chi connectivity index (χ3v) is 13.1. The molecule has 7 atom stereocenters. The van der Waals surface area contributed by atoms with Crippen LogP contribution in [0.15, 0.2) is 42.9 Å². The number of unbranched alkanes of at least 4 members (excludes halogenated alkanes) is 2. The van der Waals surface area contributed by atoms with Crippen LogP contribution in [-0.2, 0) is 51.2 Å². The first-order valence-corrected chi connectivity index (χ1v) is 24.3. The van der Waals surface area contributed by atoms with Gasteiger partial charge >= 0.3 is 6.03 Å². The van der Waals surface area contributed by atoms with Crippen LogP contribution in [0.5, 0.6) is 0 Å². The monoisotopic (exact) mass is 968 g/mol. The van der Waals surface area contributed by atoms with Gasteiger partial charge in [0.1, 0.15) is 18.1 Å². The third kappa shape index (κ3) is 19.5. The van der Waals surface area contributed by atoms with E-state index in [-0.39, 0.29) is 62.0 Å². The number of fused-ring (bicyclic) bond motifs is 1. The Morgan fingerprint density at radius 1 is 0.794 bits per heavy atom. The molecular formula is C45H68N12O10S. The summed E-state index contributed by atoms with van der Waals surface area (Å²) in [6.07, 6.45) is 8.21. The molecule has 68 heavy (non-hydrogen) atoms. The van der Waals surface area contributed by atoms with Gasteiger partial charge in [0.2, 0.25) is 47.3 Å². The van der Waals surface area contributed by atoms with E-state index in [0.29, 0.717) is 49.6 Å². The number of carbonyl (C=O) groups is 9. The maximum atomic E-state index is 13.8. The van der Waals surface area contributed by atoms with Crippen LogP contribution >= 0.6 is 11.8 Å². The van der Waals surface area contributed by atoms with Crippen molar-refractivity contribution in [3.8, 4) is 0 Å². The molecule has 2 saturated heterocycles. The molecular weight excluding hydrogens is 901 g/mol. The minimum absolute atomic E-state index is 0.0411. The van der Waals surface area contributed by atoms with E-state index in [1.807, 2.05) is 55.9 Å². The average molecular weight is 969 g/mol. The number of benzene rings is 1. The van der Waals surface area contributed by atoms with Crippen molar-refractivity contribution in [2.24, 2.45) is 17.6 Å². The summed E-state index contributed by atoms with van der Waals surface area (Å²) in [4.78, 5) is 121. The second kappa shape index (κ2) is 28.8. The summed E-state index contributed by atoms with van der Waals surface area (Å²) < 4.78 is 0. The van der Waals surface area contributed by atoms with Gasteiger partial charge in [-0.1, -0.05) is 50.6 Å². The van der Waals surface area contributed by atoms with Gasteiger partial charge in [0.05, 0.1) is 31.5 Å². The number of rotatable bonds is 31. The van der Waals surface area contributed by atoms with Gasteiger partial charge in [0.15, 0.2) is 0 Å². The Balaban J connectivity index is 1.18. The second-order valence-corrected chi connectivity index (χ2v) is 18.8. The number of H-pyrrole nitrogens is 1. The Morgan fingerprint density at radius 2 is 1.54 bits per heavy atom. The average Bonchev–Trinajstić information content (AvgIpc) is 4.06. The zero-order valence-electron chi connectivity index (χ0n) is 38.7. The van der Waals surface area contributed by atoms with Gasteiger partial charge in [-0.2, -0.15) is 11.8 Å². The number of thioether (sulfide) groups is 1. The fourth-order valence-electron chi connectivity index (χ4n) is 8.01. The van der Waals surface area contributed by atoms with Crippen molar-refractivity contribution in [3.63, 3.8) is 0 Å². The summed E-state index contributed by atoms with van der Waals surface area (Å²) in [5, 5.41) is 31.1. The third-order valence-electron chi connectivity index (χ3n) is 11.6. The summed E-state index contributed by atoms with van der Waals surface area (Å²) in [7, 11) is 0. The van der Waals surface area contributed by atoms with Crippen molar-refractivity contribution < 1.29 is 48.4 Å². The minimum Gasteiger partial charge on any atom is -0.368 e. The Kier molecular flexibility index (Phi) is 23.1. The minimum atomic E-state index is -1.22. The number of carbonyl (C=O) groups excluding carboxylic acids is 9. The standard InChI is InChI=1S/C45H68N12O10S/c1-27(2)19-32(54-44(65)33(21-30-22-47-26-51-30)53-42(63)29(20-37(59)57-67)14-10-13-28-11-4-3-5-12-28)43(64)50-23-38(60)49-24-39(61)52-31(41(46)62)15-8-9-18-48-36(58)17-7-6-16-35-40-34(25-68-35)55-45(66)56-40/h3-5,11-12,22,26-27,29,31-35,40,67H,6-10,13-21,23-25H2,1-2H3,(H2,46,62)(H,47,51)(H,48,58)(H,49,60)(H,50,64)(H,52,61)(H,53,63)(H,54,65)(H,57,59)(H2,55,56,66)/t29?,31-,32-,33-,34-,35-,40-/m0/s1. The van der Waals surface area contributed by atoms with Gasteiger partial charge in [0, 0.05) is 54.6 Å². The Morgan fingerprint density at radius 3 is 2.25 bits per heavy atom. The molecule has 1 aromatic carbocycles. The van der Waals surface area contributed by atoms with Crippen molar-refractivity contribution in [1.29, 1.82) is 0 Å². The number of aromatic amines is 1. The molecule has 2 aliphatic heterocycles. The number of hydrogen-bond donors (Lipinski definition) is 12. The highest BCUT2D eigenvalue weighted by Crippen LogP contribution is 2.33. The molecule has 10 amide bonds. The molecule has 22 nitrogen and oxygen atoms in total. The maximum absolute atomic E-state index is 13.8. The van der Waals surface area contributed by atoms with Crippen LogP contribution in [0.3, 0.4) is 0 Å². The quantitative estimate of drug-likeness (QED) is 0.0201. The molecule has 0 bridgehead atoms. The van der Waals surface area contributed by atoms with Crippen molar-refractivity contribution >= 4 is 65.1 Å². The van der Waals surface area contributed by atoms with Crippen LogP contribution in [0.1, 0.15) is 95.7 Å². The Hall–Kier alpha value is -6.23. The van der Waals surface area contributed by atoms with Crippen molar-refractivity contribution in [2.45, 2.75) is 133 Å². The summed E-state index contributed by atoms with van der Waals surface area (Å²) >= 11 is 1.84. The largest absolute Gasteiger partial charge is 0.368 e. The van der Waals surface area contributed by atoms with E-state index >= 15 is 0 Å². The number of nitrogens with one attached hydrogen (secondary N) is 10. The lowest BCUT2D eigenvalue weighted by molar-refractivity contribution is -0.137. The van der Waals surface area contributed by atoms with E-state index in [0.717, 1.165) is 30.6 Å². The first-order chi connectivity index (χ1) is 32.6. The molecule has 0 aliphatic carbocycles. The molecule has 0 radical (unpaired) electrons. The molecule has 2 fully saturated rings.